The molecule has 6 nitrogen and oxygen atoms in total. The van der Waals surface area contributed by atoms with E-state index in [1.54, 1.807) is 0 Å². The summed E-state index contributed by atoms with van der Waals surface area (Å²) in [7, 11) is 0. The maximum absolute atomic E-state index is 9.81. The average Bonchev–Trinajstić information content (AvgIpc) is 2.45. The van der Waals surface area contributed by atoms with Crippen LogP contribution >= 0.6 is 0 Å². The van der Waals surface area contributed by atoms with E-state index in [9.17, 15) is 4.79 Å². The van der Waals surface area contributed by atoms with Crippen molar-refractivity contribution in [2.24, 2.45) is 0 Å². The van der Waals surface area contributed by atoms with E-state index in [-0.39, 0.29) is 29.1 Å². The third kappa shape index (κ3) is 24.6. The summed E-state index contributed by atoms with van der Waals surface area (Å²) >= 11 is 0. The second-order valence-electron chi connectivity index (χ2n) is 2.19. The first-order valence-corrected chi connectivity index (χ1v) is 3.16. The normalized spacial score (nSPS) is 12.4. The Morgan fingerprint density at radius 3 is 1.69 bits per heavy atom. The maximum Gasteiger partial charge on any atom is 0.317 e. The molecule has 1 heterocycles. The van der Waals surface area contributed by atoms with Crippen molar-refractivity contribution in [2.75, 3.05) is 19.6 Å². The van der Waals surface area contributed by atoms with Crippen LogP contribution in [0.1, 0.15) is 6.92 Å². The van der Waals surface area contributed by atoms with Gasteiger partial charge in [-0.3, -0.25) is 14.5 Å². The summed E-state index contributed by atoms with van der Waals surface area (Å²) in [5, 5.41) is 15.5. The molecule has 1 rings (SSSR count). The average molecular weight is 235 g/mol. The molecule has 0 unspecified atom stereocenters. The fourth-order valence-electron chi connectivity index (χ4n) is 0.420. The molecule has 1 aliphatic heterocycles. The number of carbonyl (C=O) groups is 2. The number of rotatable bonds is 2. The molecule has 7 heteroatoms. The topological polar surface area (TPSA) is 109 Å². The smallest absolute Gasteiger partial charge is 0.317 e. The fourth-order valence-corrected chi connectivity index (χ4v) is 0.420. The van der Waals surface area contributed by atoms with Crippen molar-refractivity contribution in [1.29, 1.82) is 0 Å². The van der Waals surface area contributed by atoms with Gasteiger partial charge in [0.15, 0.2) is 0 Å². The molecule has 1 aliphatic rings. The summed E-state index contributed by atoms with van der Waals surface area (Å²) in [6, 6.07) is 0. The molecule has 0 spiro atoms. The molecule has 1 fully saturated rings. The second-order valence-corrected chi connectivity index (χ2v) is 2.19. The largest absolute Gasteiger partial charge is 0.481 e. The summed E-state index contributed by atoms with van der Waals surface area (Å²) < 4.78 is 0. The summed E-state index contributed by atoms with van der Waals surface area (Å²) in [4.78, 5) is 20.7. The zero-order chi connectivity index (χ0) is 8.85. The Balaban J connectivity index is -0.000000150. The van der Waals surface area contributed by atoms with Gasteiger partial charge in [0, 0.05) is 37.1 Å². The Bertz CT molecular complexity index is 155. The molecule has 1 saturated heterocycles. The van der Waals surface area contributed by atoms with Gasteiger partial charge >= 0.3 is 5.97 Å². The predicted octanol–water partition coefficient (Wildman–Crippen LogP) is -1.35. The van der Waals surface area contributed by atoms with Crippen LogP contribution in [-0.2, 0) is 26.7 Å². The van der Waals surface area contributed by atoms with Crippen molar-refractivity contribution < 1.29 is 42.3 Å². The molecule has 0 aromatic carbocycles. The Labute approximate surface area is 86.3 Å². The number of carboxylic acid groups (broad SMARTS) is 2. The van der Waals surface area contributed by atoms with Crippen molar-refractivity contribution in [1.82, 2.24) is 4.90 Å². The number of aliphatic carboxylic acids is 2. The maximum atomic E-state index is 9.81. The molecule has 0 amide bonds. The minimum absolute atomic E-state index is 0. The van der Waals surface area contributed by atoms with Crippen LogP contribution in [0.15, 0.2) is 0 Å². The summed E-state index contributed by atoms with van der Waals surface area (Å²) in [5.41, 5.74) is 0. The molecule has 80 valence electrons. The van der Waals surface area contributed by atoms with Gasteiger partial charge in [0.05, 0.1) is 6.54 Å². The van der Waals surface area contributed by atoms with E-state index in [0.29, 0.717) is 0 Å². The predicted molar refractivity (Wildman–Crippen MR) is 41.0 cm³/mol. The van der Waals surface area contributed by atoms with E-state index in [1.807, 2.05) is 4.90 Å². The van der Waals surface area contributed by atoms with Gasteiger partial charge in [-0.25, -0.2) is 0 Å². The molecule has 13 heavy (non-hydrogen) atoms. The van der Waals surface area contributed by atoms with Gasteiger partial charge in [-0.2, -0.15) is 0 Å². The van der Waals surface area contributed by atoms with Gasteiger partial charge < -0.3 is 15.7 Å². The van der Waals surface area contributed by atoms with Crippen LogP contribution in [0.2, 0.25) is 0 Å². The summed E-state index contributed by atoms with van der Waals surface area (Å²) in [6.07, 6.45) is 0. The van der Waals surface area contributed by atoms with Crippen LogP contribution in [0.4, 0.5) is 0 Å². The van der Waals surface area contributed by atoms with Gasteiger partial charge in [0.25, 0.3) is 5.97 Å². The molecule has 0 atom stereocenters. The third-order valence-electron chi connectivity index (χ3n) is 0.899. The van der Waals surface area contributed by atoms with Crippen LogP contribution in [0.25, 0.3) is 0 Å². The Kier molecular flexibility index (Phi) is 13.3. The van der Waals surface area contributed by atoms with Crippen LogP contribution in [0.5, 0.6) is 0 Å². The number of carboxylic acids is 2. The van der Waals surface area contributed by atoms with Crippen LogP contribution in [0, 0.1) is 0 Å². The number of hydrogen-bond acceptors (Lipinski definition) is 3. The van der Waals surface area contributed by atoms with Gasteiger partial charge in [-0.05, 0) is 0 Å². The number of nitrogens with zero attached hydrogens (tertiary/aromatic N) is 1. The van der Waals surface area contributed by atoms with Gasteiger partial charge in [0.1, 0.15) is 0 Å². The molecule has 0 aliphatic carbocycles. The Morgan fingerprint density at radius 1 is 1.31 bits per heavy atom. The second kappa shape index (κ2) is 9.47. The first-order chi connectivity index (χ1) is 5.02. The molecule has 0 saturated carbocycles. The molecule has 0 aromatic rings. The molecular weight excluding hydrogens is 222 g/mol. The van der Waals surface area contributed by atoms with Crippen LogP contribution < -0.4 is 0 Å². The van der Waals surface area contributed by atoms with Crippen molar-refractivity contribution in [3.8, 4) is 0 Å². The monoisotopic (exact) mass is 235 g/mol. The Hall–Kier alpha value is -0.621. The van der Waals surface area contributed by atoms with Crippen LogP contribution in [0.3, 0.4) is 0 Å². The molecular formula is C6H13FeNO5. The van der Waals surface area contributed by atoms with Crippen LogP contribution in [-0.4, -0.2) is 52.2 Å². The minimum atomic E-state index is -0.833. The Morgan fingerprint density at radius 2 is 1.62 bits per heavy atom. The van der Waals surface area contributed by atoms with Gasteiger partial charge in [-0.15, -0.1) is 0 Å². The van der Waals surface area contributed by atoms with Crippen molar-refractivity contribution in [2.45, 2.75) is 6.92 Å². The zero-order valence-electron chi connectivity index (χ0n) is 7.13. The SMILES string of the molecule is CC(=O)O.O.O=C(O)CN1CC1.[Fe]. The van der Waals surface area contributed by atoms with E-state index in [0.717, 1.165) is 20.0 Å². The third-order valence-corrected chi connectivity index (χ3v) is 0.899. The quantitative estimate of drug-likeness (QED) is 0.454. The minimum Gasteiger partial charge on any atom is -0.481 e. The first-order valence-electron chi connectivity index (χ1n) is 3.16. The van der Waals surface area contributed by atoms with Crippen molar-refractivity contribution in [3.05, 3.63) is 0 Å². The van der Waals surface area contributed by atoms with E-state index >= 15 is 0 Å². The van der Waals surface area contributed by atoms with E-state index in [1.165, 1.54) is 0 Å². The first kappa shape index (κ1) is 18.2. The standard InChI is InChI=1S/C4H7NO2.C2H4O2.Fe.H2O/c6-4(7)3-5-1-2-5;1-2(3)4;;/h1-3H2,(H,6,7);1H3,(H,3,4);;1H2. The molecule has 0 aromatic heterocycles. The van der Waals surface area contributed by atoms with Gasteiger partial charge in [-0.1, -0.05) is 0 Å². The van der Waals surface area contributed by atoms with E-state index < -0.39 is 11.9 Å². The summed E-state index contributed by atoms with van der Waals surface area (Å²) in [5.74, 6) is -1.56. The van der Waals surface area contributed by atoms with Crippen molar-refractivity contribution in [3.63, 3.8) is 0 Å². The van der Waals surface area contributed by atoms with E-state index in [4.69, 9.17) is 15.0 Å². The molecule has 0 bridgehead atoms. The fraction of sp³-hybridized carbons (Fsp3) is 0.667. The zero-order valence-corrected chi connectivity index (χ0v) is 8.24. The molecule has 0 radical (unpaired) electrons. The molecule has 4 N–H and O–H groups in total. The van der Waals surface area contributed by atoms with Gasteiger partial charge in [0.2, 0.25) is 0 Å². The summed E-state index contributed by atoms with van der Waals surface area (Å²) in [6.45, 7) is 3.23. The number of hydrogen-bond donors (Lipinski definition) is 2. The van der Waals surface area contributed by atoms with Crippen molar-refractivity contribution >= 4 is 11.9 Å². The van der Waals surface area contributed by atoms with E-state index in [2.05, 4.69) is 0 Å².